The molecule has 110 valence electrons. The monoisotopic (exact) mass is 306 g/mol. The minimum absolute atomic E-state index is 0.278. The summed E-state index contributed by atoms with van der Waals surface area (Å²) in [6.07, 6.45) is 1.54. The number of nitrogens with one attached hydrogen (secondary N) is 2. The molecule has 0 aliphatic heterocycles. The topological polar surface area (TPSA) is 71.3 Å². The van der Waals surface area contributed by atoms with E-state index in [0.717, 1.165) is 0 Å². The van der Waals surface area contributed by atoms with Crippen LogP contribution < -0.4 is 10.6 Å². The smallest absolute Gasteiger partial charge is 0.253 e. The van der Waals surface area contributed by atoms with E-state index in [1.165, 1.54) is 6.26 Å². The molecule has 0 saturated carbocycles. The summed E-state index contributed by atoms with van der Waals surface area (Å²) in [5, 5.41) is 4.68. The Hall–Kier alpha value is -2.27. The average molecular weight is 307 g/mol. The first kappa shape index (κ1) is 15.1. The zero-order chi connectivity index (χ0) is 15.2. The second-order valence-corrected chi connectivity index (χ2v) is 5.07. The van der Waals surface area contributed by atoms with Crippen molar-refractivity contribution in [3.63, 3.8) is 0 Å². The fraction of sp³-hybridized carbons (Fsp3) is 0.200. The van der Waals surface area contributed by atoms with Gasteiger partial charge < -0.3 is 15.1 Å². The highest BCUT2D eigenvalue weighted by molar-refractivity contribution is 6.32. The summed E-state index contributed by atoms with van der Waals surface area (Å²) in [5.74, 6) is -0.00766. The number of amides is 2. The number of benzene rings is 1. The normalized spacial score (nSPS) is 11.7. The Labute approximate surface area is 127 Å². The molecular weight excluding hydrogens is 292 g/mol. The molecule has 0 spiro atoms. The van der Waals surface area contributed by atoms with Crippen molar-refractivity contribution in [2.75, 3.05) is 5.32 Å². The molecule has 2 aromatic rings. The van der Waals surface area contributed by atoms with Crippen molar-refractivity contribution < 1.29 is 14.0 Å². The summed E-state index contributed by atoms with van der Waals surface area (Å²) >= 11 is 5.71. The van der Waals surface area contributed by atoms with Crippen LogP contribution >= 0.6 is 11.6 Å². The highest BCUT2D eigenvalue weighted by Gasteiger charge is 2.15. The SMILES string of the molecule is C[C@H](Cl)C(=O)Nc1ccccc1C(=O)NCc1ccco1. The van der Waals surface area contributed by atoms with Gasteiger partial charge in [0.05, 0.1) is 24.1 Å². The van der Waals surface area contributed by atoms with Gasteiger partial charge in [0.2, 0.25) is 5.91 Å². The van der Waals surface area contributed by atoms with Gasteiger partial charge in [-0.25, -0.2) is 0 Å². The van der Waals surface area contributed by atoms with Crippen molar-refractivity contribution in [1.29, 1.82) is 0 Å². The molecule has 2 N–H and O–H groups in total. The van der Waals surface area contributed by atoms with Gasteiger partial charge in [-0.15, -0.1) is 11.6 Å². The van der Waals surface area contributed by atoms with Crippen LogP contribution in [0.5, 0.6) is 0 Å². The van der Waals surface area contributed by atoms with E-state index in [1.807, 2.05) is 0 Å². The number of hydrogen-bond donors (Lipinski definition) is 2. The largest absolute Gasteiger partial charge is 0.467 e. The van der Waals surface area contributed by atoms with Gasteiger partial charge in [0.15, 0.2) is 0 Å². The van der Waals surface area contributed by atoms with Gasteiger partial charge in [0.1, 0.15) is 11.1 Å². The Bertz CT molecular complexity index is 624. The molecule has 2 amide bonds. The van der Waals surface area contributed by atoms with Crippen LogP contribution in [-0.4, -0.2) is 17.2 Å². The first-order valence-corrected chi connectivity index (χ1v) is 6.86. The maximum absolute atomic E-state index is 12.2. The lowest BCUT2D eigenvalue weighted by Gasteiger charge is -2.11. The second kappa shape index (κ2) is 6.95. The Morgan fingerprint density at radius 1 is 1.24 bits per heavy atom. The molecule has 1 heterocycles. The van der Waals surface area contributed by atoms with Crippen LogP contribution in [0.2, 0.25) is 0 Å². The maximum Gasteiger partial charge on any atom is 0.253 e. The van der Waals surface area contributed by atoms with Gasteiger partial charge in [-0.3, -0.25) is 9.59 Å². The maximum atomic E-state index is 12.2. The van der Waals surface area contributed by atoms with E-state index in [0.29, 0.717) is 17.0 Å². The van der Waals surface area contributed by atoms with Crippen molar-refractivity contribution in [2.45, 2.75) is 18.8 Å². The van der Waals surface area contributed by atoms with Gasteiger partial charge in [-0.2, -0.15) is 0 Å². The molecule has 0 fully saturated rings. The quantitative estimate of drug-likeness (QED) is 0.834. The first-order chi connectivity index (χ1) is 10.1. The van der Waals surface area contributed by atoms with Gasteiger partial charge in [0.25, 0.3) is 5.91 Å². The Kier molecular flexibility index (Phi) is 5.00. The molecule has 0 unspecified atom stereocenters. The highest BCUT2D eigenvalue weighted by atomic mass is 35.5. The number of para-hydroxylation sites is 1. The minimum atomic E-state index is -0.677. The van der Waals surface area contributed by atoms with Gasteiger partial charge >= 0.3 is 0 Å². The molecule has 1 aromatic carbocycles. The molecule has 0 radical (unpaired) electrons. The van der Waals surface area contributed by atoms with E-state index < -0.39 is 5.38 Å². The zero-order valence-corrected chi connectivity index (χ0v) is 12.2. The lowest BCUT2D eigenvalue weighted by molar-refractivity contribution is -0.115. The predicted octanol–water partition coefficient (Wildman–Crippen LogP) is 2.78. The van der Waals surface area contributed by atoms with Crippen molar-refractivity contribution in [3.05, 3.63) is 54.0 Å². The number of alkyl halides is 1. The van der Waals surface area contributed by atoms with Crippen LogP contribution in [0.15, 0.2) is 47.1 Å². The van der Waals surface area contributed by atoms with Gasteiger partial charge in [-0.05, 0) is 31.2 Å². The fourth-order valence-electron chi connectivity index (χ4n) is 1.70. The van der Waals surface area contributed by atoms with Crippen LogP contribution in [0.25, 0.3) is 0 Å². The Balaban J connectivity index is 2.08. The van der Waals surface area contributed by atoms with Crippen LogP contribution in [-0.2, 0) is 11.3 Å². The summed E-state index contributed by atoms with van der Waals surface area (Å²) in [5.41, 5.74) is 0.793. The summed E-state index contributed by atoms with van der Waals surface area (Å²) in [7, 11) is 0. The highest BCUT2D eigenvalue weighted by Crippen LogP contribution is 2.16. The van der Waals surface area contributed by atoms with E-state index >= 15 is 0 Å². The van der Waals surface area contributed by atoms with E-state index in [1.54, 1.807) is 43.3 Å². The zero-order valence-electron chi connectivity index (χ0n) is 11.4. The van der Waals surface area contributed by atoms with Crippen LogP contribution in [0.4, 0.5) is 5.69 Å². The Morgan fingerprint density at radius 3 is 2.67 bits per heavy atom. The summed E-state index contributed by atoms with van der Waals surface area (Å²) in [6.45, 7) is 1.84. The van der Waals surface area contributed by atoms with Crippen LogP contribution in [0.3, 0.4) is 0 Å². The van der Waals surface area contributed by atoms with E-state index in [2.05, 4.69) is 10.6 Å². The molecule has 6 heteroatoms. The molecule has 0 bridgehead atoms. The molecule has 21 heavy (non-hydrogen) atoms. The van der Waals surface area contributed by atoms with Crippen molar-refractivity contribution in [2.24, 2.45) is 0 Å². The van der Waals surface area contributed by atoms with Crippen LogP contribution in [0.1, 0.15) is 23.0 Å². The predicted molar refractivity (Wildman–Crippen MR) is 80.3 cm³/mol. The molecule has 5 nitrogen and oxygen atoms in total. The third kappa shape index (κ3) is 4.10. The van der Waals surface area contributed by atoms with E-state index in [-0.39, 0.29) is 18.4 Å². The number of anilines is 1. The molecule has 1 atom stereocenters. The van der Waals surface area contributed by atoms with Crippen molar-refractivity contribution in [1.82, 2.24) is 5.32 Å². The summed E-state index contributed by atoms with van der Waals surface area (Å²) in [4.78, 5) is 23.8. The molecule has 0 aliphatic rings. The van der Waals surface area contributed by atoms with E-state index in [4.69, 9.17) is 16.0 Å². The molecular formula is C15H15ClN2O3. The van der Waals surface area contributed by atoms with Gasteiger partial charge in [0, 0.05) is 0 Å². The minimum Gasteiger partial charge on any atom is -0.467 e. The van der Waals surface area contributed by atoms with Gasteiger partial charge in [-0.1, -0.05) is 12.1 Å². The molecule has 0 aliphatic carbocycles. The number of carbonyl (C=O) groups excluding carboxylic acids is 2. The lowest BCUT2D eigenvalue weighted by atomic mass is 10.1. The summed E-state index contributed by atoms with van der Waals surface area (Å²) in [6, 6.07) is 10.3. The third-order valence-corrected chi connectivity index (χ3v) is 2.99. The Morgan fingerprint density at radius 2 is 2.00 bits per heavy atom. The van der Waals surface area contributed by atoms with Crippen molar-refractivity contribution >= 4 is 29.1 Å². The lowest BCUT2D eigenvalue weighted by Crippen LogP contribution is -2.26. The number of carbonyl (C=O) groups is 2. The standard InChI is InChI=1S/C15H15ClN2O3/c1-10(16)14(19)18-13-7-3-2-6-12(13)15(20)17-9-11-5-4-8-21-11/h2-8,10H,9H2,1H3,(H,17,20)(H,18,19)/t10-/m0/s1. The van der Waals surface area contributed by atoms with E-state index in [9.17, 15) is 9.59 Å². The van der Waals surface area contributed by atoms with Crippen LogP contribution in [0, 0.1) is 0 Å². The molecule has 0 saturated heterocycles. The molecule has 1 aromatic heterocycles. The number of halogens is 1. The number of furan rings is 1. The fourth-order valence-corrected chi connectivity index (χ4v) is 1.75. The summed E-state index contributed by atoms with van der Waals surface area (Å²) < 4.78 is 5.14. The average Bonchev–Trinajstić information content (AvgIpc) is 2.98. The third-order valence-electron chi connectivity index (χ3n) is 2.79. The number of hydrogen-bond acceptors (Lipinski definition) is 3. The first-order valence-electron chi connectivity index (χ1n) is 6.42. The molecule has 2 rings (SSSR count). The number of rotatable bonds is 5. The second-order valence-electron chi connectivity index (χ2n) is 4.41. The van der Waals surface area contributed by atoms with Crippen molar-refractivity contribution in [3.8, 4) is 0 Å².